The quantitative estimate of drug-likeness (QED) is 0.825. The molecule has 0 aliphatic heterocycles. The van der Waals surface area contributed by atoms with Gasteiger partial charge < -0.3 is 10.2 Å². The van der Waals surface area contributed by atoms with Crippen LogP contribution in [0.5, 0.6) is 0 Å². The van der Waals surface area contributed by atoms with Crippen LogP contribution in [0.4, 0.5) is 5.82 Å². The van der Waals surface area contributed by atoms with Crippen LogP contribution >= 0.6 is 11.3 Å². The Morgan fingerprint density at radius 3 is 2.38 bits per heavy atom. The topological polar surface area (TPSA) is 58.1 Å². The minimum atomic E-state index is 0.119. The number of carbonyl (C=O) groups excluding carboxylic acids is 1. The highest BCUT2D eigenvalue weighted by atomic mass is 32.1. The van der Waals surface area contributed by atoms with Gasteiger partial charge in [0.15, 0.2) is 0 Å². The van der Waals surface area contributed by atoms with Crippen LogP contribution in [-0.4, -0.2) is 40.4 Å². The van der Waals surface area contributed by atoms with E-state index in [0.717, 1.165) is 29.1 Å². The third-order valence-corrected chi connectivity index (χ3v) is 5.01. The van der Waals surface area contributed by atoms with Crippen LogP contribution in [0, 0.1) is 25.7 Å². The van der Waals surface area contributed by atoms with E-state index in [2.05, 4.69) is 56.8 Å². The highest BCUT2D eigenvalue weighted by molar-refractivity contribution is 7.18. The number of fused-ring (bicyclic) bond motifs is 1. The molecule has 0 atom stereocenters. The number of hydrogen-bond acceptors (Lipinski definition) is 5. The Hall–Kier alpha value is -1.69. The standard InChI is InChI=1S/C18H28N4OS/c1-11(2)8-22(9-12(3)4)15(23)7-19-17-16-13(5)14(6)24-18(16)21-10-20-17/h10-12H,7-9H2,1-6H3,(H,19,20,21). The molecule has 5 nitrogen and oxygen atoms in total. The van der Waals surface area contributed by atoms with Crippen LogP contribution in [0.1, 0.15) is 38.1 Å². The molecule has 0 aliphatic rings. The zero-order chi connectivity index (χ0) is 17.9. The van der Waals surface area contributed by atoms with Crippen molar-refractivity contribution in [2.75, 3.05) is 25.0 Å². The minimum absolute atomic E-state index is 0.119. The number of carbonyl (C=O) groups is 1. The van der Waals surface area contributed by atoms with Gasteiger partial charge in [0.1, 0.15) is 17.0 Å². The van der Waals surface area contributed by atoms with E-state index in [1.807, 2.05) is 4.90 Å². The van der Waals surface area contributed by atoms with Crippen molar-refractivity contribution >= 4 is 33.3 Å². The fourth-order valence-corrected chi connectivity index (χ4v) is 3.74. The Labute approximate surface area is 148 Å². The average Bonchev–Trinajstić information content (AvgIpc) is 2.78. The van der Waals surface area contributed by atoms with E-state index in [1.54, 1.807) is 17.7 Å². The summed E-state index contributed by atoms with van der Waals surface area (Å²) in [6.45, 7) is 14.6. The molecule has 0 unspecified atom stereocenters. The van der Waals surface area contributed by atoms with Gasteiger partial charge in [0.25, 0.3) is 0 Å². The summed E-state index contributed by atoms with van der Waals surface area (Å²) in [6, 6.07) is 0. The number of nitrogens with one attached hydrogen (secondary N) is 1. The fraction of sp³-hybridized carbons (Fsp3) is 0.611. The molecule has 6 heteroatoms. The van der Waals surface area contributed by atoms with Gasteiger partial charge in [0.2, 0.25) is 5.91 Å². The lowest BCUT2D eigenvalue weighted by atomic mass is 10.1. The summed E-state index contributed by atoms with van der Waals surface area (Å²) >= 11 is 1.66. The van der Waals surface area contributed by atoms with Crippen molar-refractivity contribution < 1.29 is 4.79 Å². The molecule has 0 bridgehead atoms. The van der Waals surface area contributed by atoms with E-state index in [1.165, 1.54) is 10.4 Å². The van der Waals surface area contributed by atoms with E-state index in [0.29, 0.717) is 11.8 Å². The molecule has 1 amide bonds. The lowest BCUT2D eigenvalue weighted by Crippen LogP contribution is -2.40. The van der Waals surface area contributed by atoms with Gasteiger partial charge in [-0.1, -0.05) is 27.7 Å². The van der Waals surface area contributed by atoms with Gasteiger partial charge in [-0.05, 0) is 31.2 Å². The van der Waals surface area contributed by atoms with Crippen molar-refractivity contribution in [2.24, 2.45) is 11.8 Å². The Morgan fingerprint density at radius 2 is 1.79 bits per heavy atom. The summed E-state index contributed by atoms with van der Waals surface area (Å²) in [5.74, 6) is 1.79. The average molecular weight is 349 g/mol. The molecule has 2 heterocycles. The molecule has 0 aromatic carbocycles. The van der Waals surface area contributed by atoms with Crippen LogP contribution in [0.25, 0.3) is 10.2 Å². The van der Waals surface area contributed by atoms with Gasteiger partial charge >= 0.3 is 0 Å². The second kappa shape index (κ2) is 7.92. The van der Waals surface area contributed by atoms with E-state index >= 15 is 0 Å². The SMILES string of the molecule is Cc1sc2ncnc(NCC(=O)N(CC(C)C)CC(C)C)c2c1C. The van der Waals surface area contributed by atoms with Crippen molar-refractivity contribution in [2.45, 2.75) is 41.5 Å². The van der Waals surface area contributed by atoms with Gasteiger partial charge in [-0.15, -0.1) is 11.3 Å². The van der Waals surface area contributed by atoms with Crippen LogP contribution in [0.15, 0.2) is 6.33 Å². The Balaban J connectivity index is 2.13. The smallest absolute Gasteiger partial charge is 0.241 e. The molecule has 2 rings (SSSR count). The first kappa shape index (κ1) is 18.6. The monoisotopic (exact) mass is 348 g/mol. The van der Waals surface area contributed by atoms with E-state index in [4.69, 9.17) is 0 Å². The third-order valence-electron chi connectivity index (χ3n) is 3.90. The van der Waals surface area contributed by atoms with Gasteiger partial charge in [0, 0.05) is 18.0 Å². The summed E-state index contributed by atoms with van der Waals surface area (Å²) in [6.07, 6.45) is 1.56. The number of aromatic nitrogens is 2. The number of aryl methyl sites for hydroxylation is 2. The highest BCUT2D eigenvalue weighted by Gasteiger charge is 2.17. The molecule has 24 heavy (non-hydrogen) atoms. The number of rotatable bonds is 7. The Bertz CT molecular complexity index is 698. The molecule has 0 spiro atoms. The van der Waals surface area contributed by atoms with Crippen molar-refractivity contribution in [3.05, 3.63) is 16.8 Å². The largest absolute Gasteiger partial charge is 0.360 e. The second-order valence-corrected chi connectivity index (χ2v) is 8.33. The lowest BCUT2D eigenvalue weighted by Gasteiger charge is -2.26. The highest BCUT2D eigenvalue weighted by Crippen LogP contribution is 2.32. The Kier molecular flexibility index (Phi) is 6.15. The fourth-order valence-electron chi connectivity index (χ4n) is 2.75. The molecule has 0 saturated carbocycles. The maximum atomic E-state index is 12.6. The summed E-state index contributed by atoms with van der Waals surface area (Å²) in [4.78, 5) is 25.5. The first-order chi connectivity index (χ1) is 11.3. The van der Waals surface area contributed by atoms with Gasteiger partial charge in [-0.25, -0.2) is 9.97 Å². The molecule has 0 fully saturated rings. The summed E-state index contributed by atoms with van der Waals surface area (Å²) in [5.41, 5.74) is 1.19. The number of amides is 1. The molecule has 0 radical (unpaired) electrons. The summed E-state index contributed by atoms with van der Waals surface area (Å²) in [7, 11) is 0. The molecule has 0 saturated heterocycles. The molecule has 2 aromatic rings. The number of nitrogens with zero attached hydrogens (tertiary/aromatic N) is 3. The van der Waals surface area contributed by atoms with Crippen molar-refractivity contribution in [3.8, 4) is 0 Å². The van der Waals surface area contributed by atoms with E-state index < -0.39 is 0 Å². The third kappa shape index (κ3) is 4.44. The summed E-state index contributed by atoms with van der Waals surface area (Å²) < 4.78 is 0. The van der Waals surface area contributed by atoms with Gasteiger partial charge in [-0.2, -0.15) is 0 Å². The van der Waals surface area contributed by atoms with Crippen molar-refractivity contribution in [3.63, 3.8) is 0 Å². The Morgan fingerprint density at radius 1 is 1.17 bits per heavy atom. The van der Waals surface area contributed by atoms with E-state index in [-0.39, 0.29) is 12.5 Å². The predicted molar refractivity (Wildman–Crippen MR) is 102 cm³/mol. The van der Waals surface area contributed by atoms with Crippen LogP contribution in [-0.2, 0) is 4.79 Å². The van der Waals surface area contributed by atoms with Crippen molar-refractivity contribution in [1.82, 2.24) is 14.9 Å². The van der Waals surface area contributed by atoms with Crippen LogP contribution in [0.3, 0.4) is 0 Å². The molecular formula is C18H28N4OS. The maximum absolute atomic E-state index is 12.6. The van der Waals surface area contributed by atoms with Gasteiger partial charge in [0.05, 0.1) is 11.9 Å². The lowest BCUT2D eigenvalue weighted by molar-refractivity contribution is -0.130. The van der Waals surface area contributed by atoms with Gasteiger partial charge in [-0.3, -0.25) is 4.79 Å². The summed E-state index contributed by atoms with van der Waals surface area (Å²) in [5, 5.41) is 4.27. The van der Waals surface area contributed by atoms with Crippen LogP contribution in [0.2, 0.25) is 0 Å². The normalized spacial score (nSPS) is 11.5. The maximum Gasteiger partial charge on any atom is 0.241 e. The number of thiophene rings is 1. The second-order valence-electron chi connectivity index (χ2n) is 7.13. The minimum Gasteiger partial charge on any atom is -0.360 e. The molecule has 0 aliphatic carbocycles. The first-order valence-corrected chi connectivity index (χ1v) is 9.33. The zero-order valence-corrected chi connectivity index (χ0v) is 16.3. The molecule has 132 valence electrons. The number of hydrogen-bond donors (Lipinski definition) is 1. The number of anilines is 1. The molecule has 2 aromatic heterocycles. The molecule has 1 N–H and O–H groups in total. The first-order valence-electron chi connectivity index (χ1n) is 8.52. The van der Waals surface area contributed by atoms with Crippen molar-refractivity contribution in [1.29, 1.82) is 0 Å². The molecular weight excluding hydrogens is 320 g/mol. The van der Waals surface area contributed by atoms with Crippen LogP contribution < -0.4 is 5.32 Å². The zero-order valence-electron chi connectivity index (χ0n) is 15.5. The van der Waals surface area contributed by atoms with E-state index in [9.17, 15) is 4.79 Å². The predicted octanol–water partition coefficient (Wildman–Crippen LogP) is 3.86.